The molecule has 3 aliphatic heterocycles. The van der Waals surface area contributed by atoms with Crippen LogP contribution in [0, 0.1) is 12.3 Å². The van der Waals surface area contributed by atoms with E-state index in [1.807, 2.05) is 4.90 Å². The van der Waals surface area contributed by atoms with Gasteiger partial charge in [0.15, 0.2) is 11.9 Å². The van der Waals surface area contributed by atoms with Crippen molar-refractivity contribution in [2.24, 2.45) is 12.5 Å². The summed E-state index contributed by atoms with van der Waals surface area (Å²) >= 11 is 0. The van der Waals surface area contributed by atoms with Crippen LogP contribution in [0.4, 0.5) is 24.9 Å². The monoisotopic (exact) mass is 504 g/mol. The van der Waals surface area contributed by atoms with E-state index in [2.05, 4.69) is 20.0 Å². The number of hydrogen-bond acceptors (Lipinski definition) is 8. The van der Waals surface area contributed by atoms with Gasteiger partial charge < -0.3 is 14.5 Å². The van der Waals surface area contributed by atoms with E-state index in [0.29, 0.717) is 55.6 Å². The molecule has 3 fully saturated rings. The van der Waals surface area contributed by atoms with Crippen molar-refractivity contribution in [2.45, 2.75) is 45.0 Å². The fourth-order valence-electron chi connectivity index (χ4n) is 5.62. The van der Waals surface area contributed by atoms with Crippen molar-refractivity contribution in [2.75, 3.05) is 42.6 Å². The summed E-state index contributed by atoms with van der Waals surface area (Å²) in [5.41, 5.74) is -0.668. The van der Waals surface area contributed by atoms with Gasteiger partial charge in [-0.2, -0.15) is 23.3 Å². The molecule has 3 saturated heterocycles. The molecule has 3 aromatic heterocycles. The van der Waals surface area contributed by atoms with Gasteiger partial charge in [-0.25, -0.2) is 14.6 Å². The Bertz CT molecular complexity index is 1370. The highest BCUT2D eigenvalue weighted by Crippen LogP contribution is 2.43. The van der Waals surface area contributed by atoms with E-state index in [9.17, 15) is 18.0 Å². The third kappa shape index (κ3) is 3.80. The van der Waals surface area contributed by atoms with Gasteiger partial charge in [0.05, 0.1) is 6.20 Å². The molecule has 0 aliphatic carbocycles. The predicted octanol–water partition coefficient (Wildman–Crippen LogP) is 2.66. The van der Waals surface area contributed by atoms with Crippen LogP contribution in [0.2, 0.25) is 0 Å². The van der Waals surface area contributed by atoms with Gasteiger partial charge in [-0.1, -0.05) is 0 Å². The lowest BCUT2D eigenvalue weighted by Crippen LogP contribution is -2.58. The first kappa shape index (κ1) is 23.2. The summed E-state index contributed by atoms with van der Waals surface area (Å²) in [6, 6.07) is 1.01. The lowest BCUT2D eigenvalue weighted by atomic mass is 9.79. The molecule has 0 N–H and O–H groups in total. The molecular weight excluding hydrogens is 477 g/mol. The van der Waals surface area contributed by atoms with Crippen LogP contribution in [-0.4, -0.2) is 62.1 Å². The summed E-state index contributed by atoms with van der Waals surface area (Å²) in [6.07, 6.45) is 0.523. The number of aromatic nitrogens is 6. The topological polar surface area (TPSA) is 94.2 Å². The number of hydrogen-bond donors (Lipinski definition) is 0. The van der Waals surface area contributed by atoms with Gasteiger partial charge in [-0.15, -0.1) is 0 Å². The quantitative estimate of drug-likeness (QED) is 0.538. The van der Waals surface area contributed by atoms with Gasteiger partial charge in [0, 0.05) is 51.3 Å². The van der Waals surface area contributed by atoms with E-state index in [-0.39, 0.29) is 23.0 Å². The molecule has 6 rings (SSSR count). The first-order valence-electron chi connectivity index (χ1n) is 12.1. The molecule has 36 heavy (non-hydrogen) atoms. The molecule has 0 saturated carbocycles. The second kappa shape index (κ2) is 8.15. The Morgan fingerprint density at radius 2 is 1.89 bits per heavy atom. The largest absolute Gasteiger partial charge is 0.433 e. The highest BCUT2D eigenvalue weighted by Gasteiger charge is 2.49. The molecule has 1 spiro atoms. The molecule has 6 heterocycles. The molecule has 1 atom stereocenters. The second-order valence-corrected chi connectivity index (χ2v) is 10.1. The number of aryl methyl sites for hydroxylation is 1. The Morgan fingerprint density at radius 3 is 2.61 bits per heavy atom. The normalized spacial score (nSPS) is 22.0. The van der Waals surface area contributed by atoms with Gasteiger partial charge in [-0.3, -0.25) is 9.36 Å². The van der Waals surface area contributed by atoms with Crippen molar-refractivity contribution in [3.05, 3.63) is 34.1 Å². The zero-order valence-corrected chi connectivity index (χ0v) is 20.1. The highest BCUT2D eigenvalue weighted by molar-refractivity contribution is 5.75. The summed E-state index contributed by atoms with van der Waals surface area (Å²) in [7, 11) is 1.71. The SMILES string of the molecule is Cc1nc(N2CC3(CCN(c4nc5c(cnn5C5CCCCO5)c(=O)n4C)C3)C2)cc(C(F)(F)F)n1. The van der Waals surface area contributed by atoms with E-state index in [0.717, 1.165) is 31.7 Å². The molecule has 13 heteroatoms. The number of alkyl halides is 3. The third-order valence-corrected chi connectivity index (χ3v) is 7.45. The lowest BCUT2D eigenvalue weighted by Gasteiger charge is -2.48. The fourth-order valence-corrected chi connectivity index (χ4v) is 5.62. The first-order valence-corrected chi connectivity index (χ1v) is 12.1. The number of ether oxygens (including phenoxy) is 1. The zero-order valence-electron chi connectivity index (χ0n) is 20.1. The number of nitrogens with zero attached hydrogens (tertiary/aromatic N) is 8. The smallest absolute Gasteiger partial charge is 0.356 e. The van der Waals surface area contributed by atoms with Crippen molar-refractivity contribution in [1.82, 2.24) is 29.3 Å². The maximum absolute atomic E-state index is 13.2. The predicted molar refractivity (Wildman–Crippen MR) is 125 cm³/mol. The van der Waals surface area contributed by atoms with Gasteiger partial charge in [0.2, 0.25) is 5.95 Å². The Hall–Kier alpha value is -3.22. The lowest BCUT2D eigenvalue weighted by molar-refractivity contribution is -0.141. The molecule has 0 radical (unpaired) electrons. The molecule has 0 bridgehead atoms. The molecule has 3 aliphatic rings. The molecule has 1 unspecified atom stereocenters. The van der Waals surface area contributed by atoms with Crippen molar-refractivity contribution in [1.29, 1.82) is 0 Å². The molecule has 0 amide bonds. The van der Waals surface area contributed by atoms with Crippen molar-refractivity contribution < 1.29 is 17.9 Å². The minimum atomic E-state index is -4.51. The molecular formula is C23H27F3N8O2. The van der Waals surface area contributed by atoms with Crippen molar-refractivity contribution in [3.63, 3.8) is 0 Å². The van der Waals surface area contributed by atoms with Crippen LogP contribution < -0.4 is 15.4 Å². The Morgan fingerprint density at radius 1 is 1.11 bits per heavy atom. The zero-order chi connectivity index (χ0) is 25.2. The average molecular weight is 505 g/mol. The van der Waals surface area contributed by atoms with Crippen LogP contribution in [-0.2, 0) is 18.0 Å². The average Bonchev–Trinajstić information content (AvgIpc) is 3.45. The van der Waals surface area contributed by atoms with E-state index in [4.69, 9.17) is 9.72 Å². The standard InChI is InChI=1S/C23H27F3N8O2/c1-14-28-16(23(24,25)26)9-17(29-14)33-12-22(13-33)6-7-32(11-22)21-30-19-15(20(35)31(21)2)10-27-34(19)18-5-3-4-8-36-18/h9-10,18H,3-8,11-13H2,1-2H3. The molecule has 10 nitrogen and oxygen atoms in total. The Kier molecular flexibility index (Phi) is 5.25. The third-order valence-electron chi connectivity index (χ3n) is 7.45. The number of fused-ring (bicyclic) bond motifs is 1. The minimum Gasteiger partial charge on any atom is -0.356 e. The van der Waals surface area contributed by atoms with E-state index in [1.54, 1.807) is 22.5 Å². The maximum atomic E-state index is 13.2. The first-order chi connectivity index (χ1) is 17.1. The van der Waals surface area contributed by atoms with E-state index >= 15 is 0 Å². The summed E-state index contributed by atoms with van der Waals surface area (Å²) in [4.78, 5) is 29.7. The summed E-state index contributed by atoms with van der Waals surface area (Å²) in [5, 5.41) is 4.88. The maximum Gasteiger partial charge on any atom is 0.433 e. The van der Waals surface area contributed by atoms with Crippen LogP contribution in [0.3, 0.4) is 0 Å². The van der Waals surface area contributed by atoms with Gasteiger partial charge in [-0.05, 0) is 32.6 Å². The second-order valence-electron chi connectivity index (χ2n) is 10.1. The van der Waals surface area contributed by atoms with Crippen LogP contribution >= 0.6 is 0 Å². The van der Waals surface area contributed by atoms with E-state index < -0.39 is 11.9 Å². The molecule has 0 aromatic carbocycles. The van der Waals surface area contributed by atoms with Crippen molar-refractivity contribution >= 4 is 22.8 Å². The van der Waals surface area contributed by atoms with Crippen LogP contribution in [0.25, 0.3) is 11.0 Å². The molecule has 3 aromatic rings. The van der Waals surface area contributed by atoms with Crippen molar-refractivity contribution in [3.8, 4) is 0 Å². The van der Waals surface area contributed by atoms with Crippen LogP contribution in [0.1, 0.15) is 43.4 Å². The van der Waals surface area contributed by atoms with E-state index in [1.165, 1.54) is 6.92 Å². The van der Waals surface area contributed by atoms with Gasteiger partial charge >= 0.3 is 6.18 Å². The summed E-state index contributed by atoms with van der Waals surface area (Å²) in [6.45, 7) is 4.65. The van der Waals surface area contributed by atoms with Crippen LogP contribution in [0.5, 0.6) is 0 Å². The van der Waals surface area contributed by atoms with Gasteiger partial charge in [0.1, 0.15) is 22.7 Å². The Labute approximate surface area is 204 Å². The highest BCUT2D eigenvalue weighted by atomic mass is 19.4. The number of halogens is 3. The summed E-state index contributed by atoms with van der Waals surface area (Å²) in [5.74, 6) is 0.958. The molecule has 192 valence electrons. The number of anilines is 2. The summed E-state index contributed by atoms with van der Waals surface area (Å²) < 4.78 is 48.8. The van der Waals surface area contributed by atoms with Crippen LogP contribution in [0.15, 0.2) is 17.1 Å². The Balaban J connectivity index is 1.24. The van der Waals surface area contributed by atoms with Gasteiger partial charge in [0.25, 0.3) is 5.56 Å². The number of rotatable bonds is 3. The fraction of sp³-hybridized carbons (Fsp3) is 0.609. The minimum absolute atomic E-state index is 0.0971.